The van der Waals surface area contributed by atoms with Gasteiger partial charge >= 0.3 is 11.9 Å². The maximum atomic E-state index is 13.1. The van der Waals surface area contributed by atoms with Crippen molar-refractivity contribution in [2.45, 2.75) is 19.3 Å². The van der Waals surface area contributed by atoms with Crippen molar-refractivity contribution in [3.05, 3.63) is 83.9 Å². The number of ether oxygens (including phenoxy) is 1. The molecule has 4 atom stereocenters. The third-order valence-corrected chi connectivity index (χ3v) is 6.77. The summed E-state index contributed by atoms with van der Waals surface area (Å²) in [6.45, 7) is 1.79. The van der Waals surface area contributed by atoms with E-state index >= 15 is 0 Å². The van der Waals surface area contributed by atoms with E-state index in [0.717, 1.165) is 27.9 Å². The van der Waals surface area contributed by atoms with Crippen molar-refractivity contribution in [1.29, 1.82) is 0 Å². The maximum Gasteiger partial charge on any atom is 0.315 e. The van der Waals surface area contributed by atoms with Gasteiger partial charge in [0, 0.05) is 11.6 Å². The van der Waals surface area contributed by atoms with Gasteiger partial charge in [-0.05, 0) is 46.4 Å². The minimum absolute atomic E-state index is 0.0212. The lowest BCUT2D eigenvalue weighted by Crippen LogP contribution is -2.52. The molecule has 6 heteroatoms. The average molecular weight is 441 g/mol. The second kappa shape index (κ2) is 8.20. The fraction of sp³-hybridized carbons (Fsp3) is 0.222. The minimum atomic E-state index is -0.897. The van der Waals surface area contributed by atoms with E-state index in [9.17, 15) is 19.5 Å². The number of fused-ring (bicyclic) bond motifs is 1. The summed E-state index contributed by atoms with van der Waals surface area (Å²) in [5.74, 6) is -2.85. The molecule has 2 aliphatic rings. The minimum Gasteiger partial charge on any atom is -0.481 e. The molecule has 0 aromatic heterocycles. The van der Waals surface area contributed by atoms with Crippen LogP contribution in [0.25, 0.3) is 11.1 Å². The number of carboxylic acid groups (broad SMARTS) is 1. The van der Waals surface area contributed by atoms with Gasteiger partial charge in [-0.15, -0.1) is 0 Å². The quantitative estimate of drug-likeness (QED) is 0.449. The predicted molar refractivity (Wildman–Crippen MR) is 123 cm³/mol. The van der Waals surface area contributed by atoms with Gasteiger partial charge in [0.1, 0.15) is 5.75 Å². The zero-order chi connectivity index (χ0) is 23.1. The van der Waals surface area contributed by atoms with Crippen molar-refractivity contribution in [2.75, 3.05) is 5.32 Å². The van der Waals surface area contributed by atoms with Crippen molar-refractivity contribution in [3.8, 4) is 16.9 Å². The first-order valence-electron chi connectivity index (χ1n) is 10.9. The molecule has 6 nitrogen and oxygen atoms in total. The molecular weight excluding hydrogens is 418 g/mol. The predicted octanol–water partition coefficient (Wildman–Crippen LogP) is 4.50. The largest absolute Gasteiger partial charge is 0.481 e. The van der Waals surface area contributed by atoms with Gasteiger partial charge in [0.2, 0.25) is 5.91 Å². The summed E-state index contributed by atoms with van der Waals surface area (Å²) in [6, 6.07) is 22.3. The summed E-state index contributed by atoms with van der Waals surface area (Å²) < 4.78 is 5.74. The molecule has 166 valence electrons. The fourth-order valence-corrected chi connectivity index (χ4v) is 5.10. The Balaban J connectivity index is 1.37. The first-order chi connectivity index (χ1) is 15.9. The van der Waals surface area contributed by atoms with Gasteiger partial charge in [-0.2, -0.15) is 0 Å². The van der Waals surface area contributed by atoms with Gasteiger partial charge in [0.15, 0.2) is 0 Å². The lowest BCUT2D eigenvalue weighted by molar-refractivity contribution is -0.162. The molecule has 3 aromatic carbocycles. The van der Waals surface area contributed by atoms with E-state index in [1.807, 2.05) is 60.7 Å². The van der Waals surface area contributed by atoms with Gasteiger partial charge in [0.25, 0.3) is 0 Å². The molecule has 1 unspecified atom stereocenters. The highest BCUT2D eigenvalue weighted by Gasteiger charge is 2.56. The van der Waals surface area contributed by atoms with E-state index in [1.54, 1.807) is 19.1 Å². The monoisotopic (exact) mass is 441 g/mol. The summed E-state index contributed by atoms with van der Waals surface area (Å²) in [6.07, 6.45) is 0.382. The molecule has 2 N–H and O–H groups in total. The number of hydrogen-bond donors (Lipinski definition) is 2. The average Bonchev–Trinajstić information content (AvgIpc) is 3.17. The molecule has 33 heavy (non-hydrogen) atoms. The van der Waals surface area contributed by atoms with Crippen LogP contribution in [0.4, 0.5) is 5.69 Å². The standard InChI is InChI=1S/C27H23NO5/c1-15-23(26(30)31)25(16-6-3-2-4-7-16)24(15)27(32)33-20-9-5-8-17(12-20)18-10-11-19-14-22(29)28-21(19)13-18/h2-13,15,23-25H,14H2,1H3,(H,28,29)(H,30,31)/t15-,23-,24+,25?/m1/s1. The molecule has 1 amide bonds. The Morgan fingerprint density at radius 3 is 2.45 bits per heavy atom. The van der Waals surface area contributed by atoms with Crippen LogP contribution in [0.15, 0.2) is 72.8 Å². The van der Waals surface area contributed by atoms with Crippen molar-refractivity contribution < 1.29 is 24.2 Å². The second-order valence-corrected chi connectivity index (χ2v) is 8.73. The van der Waals surface area contributed by atoms with Gasteiger partial charge in [0.05, 0.1) is 18.3 Å². The fourth-order valence-electron chi connectivity index (χ4n) is 5.10. The van der Waals surface area contributed by atoms with Gasteiger partial charge in [-0.1, -0.05) is 61.5 Å². The van der Waals surface area contributed by atoms with Crippen LogP contribution < -0.4 is 10.1 Å². The number of amides is 1. The Kier molecular flexibility index (Phi) is 5.21. The Labute approximate surface area is 191 Å². The van der Waals surface area contributed by atoms with Crippen LogP contribution in [-0.2, 0) is 20.8 Å². The Hall–Kier alpha value is -3.93. The lowest BCUT2D eigenvalue weighted by atomic mass is 9.55. The molecule has 0 saturated heterocycles. The molecule has 1 heterocycles. The van der Waals surface area contributed by atoms with Crippen LogP contribution in [0.1, 0.15) is 24.0 Å². The number of benzene rings is 3. The zero-order valence-electron chi connectivity index (χ0n) is 18.0. The first-order valence-corrected chi connectivity index (χ1v) is 10.9. The summed E-state index contributed by atoms with van der Waals surface area (Å²) in [5, 5.41) is 12.5. The van der Waals surface area contributed by atoms with Crippen LogP contribution in [-0.4, -0.2) is 23.0 Å². The molecule has 1 fully saturated rings. The molecule has 3 aromatic rings. The van der Waals surface area contributed by atoms with Crippen LogP contribution in [0.3, 0.4) is 0 Å². The number of nitrogens with one attached hydrogen (secondary N) is 1. The Morgan fingerprint density at radius 1 is 0.939 bits per heavy atom. The molecule has 0 bridgehead atoms. The summed E-state index contributed by atoms with van der Waals surface area (Å²) in [4.78, 5) is 36.6. The molecule has 0 spiro atoms. The second-order valence-electron chi connectivity index (χ2n) is 8.73. The third-order valence-electron chi connectivity index (χ3n) is 6.77. The number of carboxylic acids is 1. The number of aliphatic carboxylic acids is 1. The van der Waals surface area contributed by atoms with E-state index in [2.05, 4.69) is 5.32 Å². The molecule has 1 saturated carbocycles. The SMILES string of the molecule is C[C@H]1[C@H](C(=O)Oc2cccc(-c3ccc4c(c3)NC(=O)C4)c2)C(c2ccccc2)[C@@H]1C(=O)O. The summed E-state index contributed by atoms with van der Waals surface area (Å²) >= 11 is 0. The van der Waals surface area contributed by atoms with Crippen LogP contribution in [0.5, 0.6) is 5.75 Å². The molecule has 0 radical (unpaired) electrons. The topological polar surface area (TPSA) is 92.7 Å². The molecule has 5 rings (SSSR count). The van der Waals surface area contributed by atoms with E-state index in [0.29, 0.717) is 12.2 Å². The maximum absolute atomic E-state index is 13.1. The van der Waals surface area contributed by atoms with Crippen molar-refractivity contribution >= 4 is 23.5 Å². The molecule has 1 aliphatic heterocycles. The van der Waals surface area contributed by atoms with E-state index < -0.39 is 29.7 Å². The highest BCUT2D eigenvalue weighted by Crippen LogP contribution is 2.52. The van der Waals surface area contributed by atoms with Gasteiger partial charge in [-0.3, -0.25) is 14.4 Å². The number of hydrogen-bond acceptors (Lipinski definition) is 4. The van der Waals surface area contributed by atoms with E-state index in [4.69, 9.17) is 4.74 Å². The third kappa shape index (κ3) is 3.78. The zero-order valence-corrected chi connectivity index (χ0v) is 18.0. The van der Waals surface area contributed by atoms with Crippen LogP contribution in [0, 0.1) is 17.8 Å². The highest BCUT2D eigenvalue weighted by molar-refractivity contribution is 6.00. The number of carbonyl (C=O) groups excluding carboxylic acids is 2. The number of esters is 1. The summed E-state index contributed by atoms with van der Waals surface area (Å²) in [5.41, 5.74) is 4.35. The molecule has 1 aliphatic carbocycles. The van der Waals surface area contributed by atoms with Crippen molar-refractivity contribution in [3.63, 3.8) is 0 Å². The van der Waals surface area contributed by atoms with Crippen molar-refractivity contribution in [1.82, 2.24) is 0 Å². The Morgan fingerprint density at radius 2 is 1.70 bits per heavy atom. The Bertz CT molecular complexity index is 1250. The van der Waals surface area contributed by atoms with Gasteiger partial charge < -0.3 is 15.2 Å². The normalized spacial score (nSPS) is 23.2. The van der Waals surface area contributed by atoms with Gasteiger partial charge in [-0.25, -0.2) is 0 Å². The number of anilines is 1. The smallest absolute Gasteiger partial charge is 0.315 e. The first kappa shape index (κ1) is 20.9. The van der Waals surface area contributed by atoms with Crippen LogP contribution in [0.2, 0.25) is 0 Å². The molecular formula is C27H23NO5. The number of rotatable bonds is 5. The summed E-state index contributed by atoms with van der Waals surface area (Å²) in [7, 11) is 0. The van der Waals surface area contributed by atoms with Crippen molar-refractivity contribution in [2.24, 2.45) is 17.8 Å². The highest BCUT2D eigenvalue weighted by atomic mass is 16.5. The number of carbonyl (C=O) groups is 3. The van der Waals surface area contributed by atoms with E-state index in [1.165, 1.54) is 0 Å². The van der Waals surface area contributed by atoms with E-state index in [-0.39, 0.29) is 11.8 Å². The lowest BCUT2D eigenvalue weighted by Gasteiger charge is -2.47. The van der Waals surface area contributed by atoms with Crippen LogP contribution >= 0.6 is 0 Å².